The van der Waals surface area contributed by atoms with Gasteiger partial charge in [-0.2, -0.15) is 5.26 Å². The maximum absolute atomic E-state index is 12.6. The minimum Gasteiger partial charge on any atom is -0.455 e. The van der Waals surface area contributed by atoms with Gasteiger partial charge >= 0.3 is 12.0 Å². The molecule has 0 heterocycles. The van der Waals surface area contributed by atoms with E-state index < -0.39 is 30.6 Å². The van der Waals surface area contributed by atoms with E-state index in [9.17, 15) is 14.4 Å². The van der Waals surface area contributed by atoms with E-state index in [-0.39, 0.29) is 19.4 Å². The SMILES string of the molecule is N#CCCN(C(=O)COC(=O)CC(NC(N)=O)c1ccccc1Cl)c1ccccc1. The summed E-state index contributed by atoms with van der Waals surface area (Å²) >= 11 is 6.14. The van der Waals surface area contributed by atoms with Crippen molar-refractivity contribution in [2.24, 2.45) is 5.73 Å². The fraction of sp³-hybridized carbons (Fsp3) is 0.238. The van der Waals surface area contributed by atoms with Crippen molar-refractivity contribution in [3.05, 3.63) is 65.2 Å². The number of ether oxygens (including phenoxy) is 1. The van der Waals surface area contributed by atoms with Crippen molar-refractivity contribution in [2.75, 3.05) is 18.1 Å². The third-order valence-corrected chi connectivity index (χ3v) is 4.48. The Morgan fingerprint density at radius 3 is 2.43 bits per heavy atom. The van der Waals surface area contributed by atoms with Crippen molar-refractivity contribution in [1.29, 1.82) is 5.26 Å². The van der Waals surface area contributed by atoms with Gasteiger partial charge in [0.25, 0.3) is 5.91 Å². The number of hydrogen-bond donors (Lipinski definition) is 2. The Morgan fingerprint density at radius 1 is 1.13 bits per heavy atom. The molecule has 3 amide bonds. The highest BCUT2D eigenvalue weighted by Gasteiger charge is 2.22. The second-order valence-corrected chi connectivity index (χ2v) is 6.64. The van der Waals surface area contributed by atoms with Gasteiger partial charge < -0.3 is 20.7 Å². The first-order valence-electron chi connectivity index (χ1n) is 9.10. The molecule has 156 valence electrons. The van der Waals surface area contributed by atoms with Crippen molar-refractivity contribution in [2.45, 2.75) is 18.9 Å². The van der Waals surface area contributed by atoms with Crippen molar-refractivity contribution >= 4 is 35.2 Å². The first kappa shape index (κ1) is 22.7. The Balaban J connectivity index is 2.03. The molecule has 2 rings (SSSR count). The number of hydrogen-bond acceptors (Lipinski definition) is 5. The lowest BCUT2D eigenvalue weighted by atomic mass is 10.0. The number of nitrogens with zero attached hydrogens (tertiary/aromatic N) is 2. The Morgan fingerprint density at radius 2 is 1.80 bits per heavy atom. The van der Waals surface area contributed by atoms with Crippen LogP contribution in [0.3, 0.4) is 0 Å². The van der Waals surface area contributed by atoms with Gasteiger partial charge in [0.15, 0.2) is 6.61 Å². The van der Waals surface area contributed by atoms with Crippen LogP contribution in [0.5, 0.6) is 0 Å². The fourth-order valence-corrected chi connectivity index (χ4v) is 3.05. The average Bonchev–Trinajstić information content (AvgIpc) is 2.73. The van der Waals surface area contributed by atoms with E-state index >= 15 is 0 Å². The van der Waals surface area contributed by atoms with Crippen molar-refractivity contribution in [3.63, 3.8) is 0 Å². The topological polar surface area (TPSA) is 126 Å². The molecule has 0 saturated heterocycles. The first-order valence-corrected chi connectivity index (χ1v) is 9.48. The molecule has 0 radical (unpaired) electrons. The molecule has 1 unspecified atom stereocenters. The van der Waals surface area contributed by atoms with Crippen molar-refractivity contribution in [1.82, 2.24) is 5.32 Å². The summed E-state index contributed by atoms with van der Waals surface area (Å²) in [6.07, 6.45) is -0.130. The number of carbonyl (C=O) groups excluding carboxylic acids is 3. The minimum absolute atomic E-state index is 0.131. The summed E-state index contributed by atoms with van der Waals surface area (Å²) in [5.41, 5.74) is 6.29. The van der Waals surface area contributed by atoms with Crippen molar-refractivity contribution < 1.29 is 19.1 Å². The van der Waals surface area contributed by atoms with Crippen LogP contribution in [-0.4, -0.2) is 31.1 Å². The van der Waals surface area contributed by atoms with Crippen LogP contribution >= 0.6 is 11.6 Å². The molecule has 9 heteroatoms. The quantitative estimate of drug-likeness (QED) is 0.594. The Labute approximate surface area is 179 Å². The summed E-state index contributed by atoms with van der Waals surface area (Å²) in [5.74, 6) is -1.18. The van der Waals surface area contributed by atoms with Crippen LogP contribution in [0, 0.1) is 11.3 Å². The molecule has 0 aromatic heterocycles. The summed E-state index contributed by atoms with van der Waals surface area (Å²) in [6, 6.07) is 15.8. The third-order valence-electron chi connectivity index (χ3n) is 4.14. The van der Waals surface area contributed by atoms with Gasteiger partial charge in [-0.1, -0.05) is 48.0 Å². The van der Waals surface area contributed by atoms with E-state index in [0.29, 0.717) is 16.3 Å². The number of anilines is 1. The zero-order valence-corrected chi connectivity index (χ0v) is 16.8. The molecule has 3 N–H and O–H groups in total. The molecule has 0 aliphatic heterocycles. The normalized spacial score (nSPS) is 11.1. The maximum Gasteiger partial charge on any atom is 0.312 e. The lowest BCUT2D eigenvalue weighted by molar-refractivity contribution is -0.148. The fourth-order valence-electron chi connectivity index (χ4n) is 2.78. The Hall–Kier alpha value is -3.57. The van der Waals surface area contributed by atoms with Crippen LogP contribution in [0.15, 0.2) is 54.6 Å². The number of nitriles is 1. The van der Waals surface area contributed by atoms with Crippen LogP contribution in [0.1, 0.15) is 24.4 Å². The second kappa shape index (κ2) is 11.4. The van der Waals surface area contributed by atoms with Gasteiger partial charge in [-0.3, -0.25) is 9.59 Å². The monoisotopic (exact) mass is 428 g/mol. The van der Waals surface area contributed by atoms with Gasteiger partial charge in [0.1, 0.15) is 0 Å². The number of amides is 3. The van der Waals surface area contributed by atoms with Gasteiger partial charge in [0.05, 0.1) is 25.0 Å². The van der Waals surface area contributed by atoms with Gasteiger partial charge in [0, 0.05) is 17.3 Å². The first-order chi connectivity index (χ1) is 14.4. The zero-order valence-electron chi connectivity index (χ0n) is 16.1. The average molecular weight is 429 g/mol. The molecule has 0 fully saturated rings. The van der Waals surface area contributed by atoms with Gasteiger partial charge in [-0.15, -0.1) is 0 Å². The highest BCUT2D eigenvalue weighted by atomic mass is 35.5. The van der Waals surface area contributed by atoms with Crippen LogP contribution in [-0.2, 0) is 14.3 Å². The molecule has 0 bridgehead atoms. The smallest absolute Gasteiger partial charge is 0.312 e. The number of para-hydroxylation sites is 1. The summed E-state index contributed by atoms with van der Waals surface area (Å²) < 4.78 is 5.11. The molecular weight excluding hydrogens is 408 g/mol. The van der Waals surface area contributed by atoms with E-state index in [0.717, 1.165) is 0 Å². The van der Waals surface area contributed by atoms with Crippen LogP contribution in [0.2, 0.25) is 5.02 Å². The number of halogens is 1. The van der Waals surface area contributed by atoms with Gasteiger partial charge in [-0.05, 0) is 23.8 Å². The largest absolute Gasteiger partial charge is 0.455 e. The summed E-state index contributed by atoms with van der Waals surface area (Å²) in [5, 5.41) is 11.6. The van der Waals surface area contributed by atoms with E-state index in [1.807, 2.05) is 6.07 Å². The standard InChI is InChI=1S/C21H21ClN4O4/c22-17-10-5-4-9-16(17)18(25-21(24)29)13-20(28)30-14-19(27)26(12-6-11-23)15-7-2-1-3-8-15/h1-5,7-10,18H,6,12-14H2,(H3,24,25,29). The molecule has 0 saturated carbocycles. The van der Waals surface area contributed by atoms with E-state index in [1.165, 1.54) is 4.90 Å². The van der Waals surface area contributed by atoms with Crippen LogP contribution in [0.25, 0.3) is 0 Å². The van der Waals surface area contributed by atoms with Crippen LogP contribution < -0.4 is 16.0 Å². The Bertz CT molecular complexity index is 930. The number of nitrogens with two attached hydrogens (primary N) is 1. The molecule has 0 aliphatic rings. The number of primary amides is 1. The van der Waals surface area contributed by atoms with Crippen molar-refractivity contribution in [3.8, 4) is 6.07 Å². The lowest BCUT2D eigenvalue weighted by Gasteiger charge is -2.22. The number of esters is 1. The third kappa shape index (κ3) is 6.79. The Kier molecular flexibility index (Phi) is 8.66. The second-order valence-electron chi connectivity index (χ2n) is 6.24. The molecule has 2 aromatic carbocycles. The number of urea groups is 1. The molecule has 30 heavy (non-hydrogen) atoms. The van der Waals surface area contributed by atoms with E-state index in [2.05, 4.69) is 5.32 Å². The zero-order chi connectivity index (χ0) is 21.9. The lowest BCUT2D eigenvalue weighted by Crippen LogP contribution is -2.37. The molecule has 0 aliphatic carbocycles. The number of nitrogens with one attached hydrogen (secondary N) is 1. The molecule has 8 nitrogen and oxygen atoms in total. The molecular formula is C21H21ClN4O4. The van der Waals surface area contributed by atoms with Crippen LogP contribution in [0.4, 0.5) is 10.5 Å². The highest BCUT2D eigenvalue weighted by molar-refractivity contribution is 6.31. The van der Waals surface area contributed by atoms with E-state index in [4.69, 9.17) is 27.3 Å². The molecule has 1 atom stereocenters. The van der Waals surface area contributed by atoms with Gasteiger partial charge in [-0.25, -0.2) is 4.79 Å². The molecule has 0 spiro atoms. The minimum atomic E-state index is -0.824. The summed E-state index contributed by atoms with van der Waals surface area (Å²) in [7, 11) is 0. The van der Waals surface area contributed by atoms with E-state index in [1.54, 1.807) is 54.6 Å². The maximum atomic E-state index is 12.6. The van der Waals surface area contributed by atoms with Gasteiger partial charge in [0.2, 0.25) is 0 Å². The number of carbonyl (C=O) groups is 3. The summed E-state index contributed by atoms with van der Waals surface area (Å²) in [6.45, 7) is -0.340. The number of benzene rings is 2. The number of rotatable bonds is 9. The highest BCUT2D eigenvalue weighted by Crippen LogP contribution is 2.25. The predicted octanol–water partition coefficient (Wildman–Crippen LogP) is 2.93. The summed E-state index contributed by atoms with van der Waals surface area (Å²) in [4.78, 5) is 37.6. The molecule has 2 aromatic rings. The predicted molar refractivity (Wildman–Crippen MR) is 112 cm³/mol.